The number of nitrogens with two attached hydrogens (primary N) is 4. The fourth-order valence-electron chi connectivity index (χ4n) is 3.36. The molecule has 0 spiro atoms. The van der Waals surface area contributed by atoms with Crippen LogP contribution in [0, 0.1) is 11.8 Å². The Morgan fingerprint density at radius 2 is 1.09 bits per heavy atom. The van der Waals surface area contributed by atoms with Gasteiger partial charge in [0, 0.05) is 12.8 Å². The number of carbonyl (C=O) groups excluding carboxylic acids is 4. The third kappa shape index (κ3) is 9.83. The van der Waals surface area contributed by atoms with Crippen LogP contribution in [0.3, 0.4) is 0 Å². The maximum absolute atomic E-state index is 12.0. The van der Waals surface area contributed by atoms with Crippen molar-refractivity contribution < 1.29 is 38.5 Å². The van der Waals surface area contributed by atoms with Crippen LogP contribution in [0.2, 0.25) is 0 Å². The summed E-state index contributed by atoms with van der Waals surface area (Å²) < 4.78 is 0. The molecule has 2 unspecified atom stereocenters. The first-order chi connectivity index (χ1) is 15.3. The highest BCUT2D eigenvalue weighted by molar-refractivity contribution is 5.73. The summed E-state index contributed by atoms with van der Waals surface area (Å²) in [4.78, 5) is 63.4. The average Bonchev–Trinajstić information content (AvgIpc) is 2.81. The lowest BCUT2D eigenvalue weighted by Gasteiger charge is -2.16. The van der Waals surface area contributed by atoms with Crippen molar-refractivity contribution >= 4 is 23.9 Å². The molecule has 0 amide bonds. The van der Waals surface area contributed by atoms with E-state index in [4.69, 9.17) is 23.6 Å². The van der Waals surface area contributed by atoms with Crippen molar-refractivity contribution in [3.63, 3.8) is 0 Å². The Hall–Kier alpha value is -3.06. The van der Waals surface area contributed by atoms with Gasteiger partial charge in [-0.25, -0.2) is 0 Å². The van der Waals surface area contributed by atoms with Gasteiger partial charge in [-0.1, -0.05) is 24.3 Å². The molecule has 1 aromatic carbocycles. The number of hydrogen-bond donors (Lipinski definition) is 4. The fourth-order valence-corrected chi connectivity index (χ4v) is 3.36. The molecular formula is C20H30N4O8. The third-order valence-electron chi connectivity index (χ3n) is 4.98. The van der Waals surface area contributed by atoms with Crippen molar-refractivity contribution in [2.75, 3.05) is 0 Å². The van der Waals surface area contributed by atoms with Gasteiger partial charge >= 0.3 is 23.9 Å². The molecule has 0 saturated carbocycles. The van der Waals surface area contributed by atoms with Crippen molar-refractivity contribution in [1.82, 2.24) is 0 Å². The molecular weight excluding hydrogens is 424 g/mol. The number of carbonyl (C=O) groups is 4. The minimum atomic E-state index is -0.604. The lowest BCUT2D eigenvalue weighted by molar-refractivity contribution is -0.150. The van der Waals surface area contributed by atoms with Crippen LogP contribution in [-0.4, -0.2) is 23.9 Å². The summed E-state index contributed by atoms with van der Waals surface area (Å²) in [5.74, 6) is 16.2. The molecule has 0 radical (unpaired) electrons. The molecule has 0 saturated heterocycles. The van der Waals surface area contributed by atoms with Gasteiger partial charge in [-0.15, -0.1) is 0 Å². The average molecular weight is 454 g/mol. The van der Waals surface area contributed by atoms with Gasteiger partial charge in [-0.2, -0.15) is 23.6 Å². The molecule has 0 heterocycles. The van der Waals surface area contributed by atoms with Crippen LogP contribution in [-0.2, 0) is 51.4 Å². The van der Waals surface area contributed by atoms with Gasteiger partial charge < -0.3 is 19.4 Å². The third-order valence-corrected chi connectivity index (χ3v) is 4.98. The molecule has 0 fully saturated rings. The molecule has 32 heavy (non-hydrogen) atoms. The number of benzene rings is 1. The van der Waals surface area contributed by atoms with E-state index in [0.29, 0.717) is 38.5 Å². The second kappa shape index (κ2) is 14.9. The fraction of sp³-hybridized carbons (Fsp3) is 0.500. The lowest BCUT2D eigenvalue weighted by Crippen LogP contribution is -2.24. The standard InChI is InChI=1S/C20H30N4O8/c21-29-17(25)8-2-6-15(19(27)31-23)11-13-4-1-5-14(10-13)12-16(20(28)32-24)7-3-9-18(26)30-22/h1,4-5,10,15-16H,2-3,6-9,11-12,21-24H2. The minimum Gasteiger partial charge on any atom is -0.373 e. The second-order valence-electron chi connectivity index (χ2n) is 7.26. The molecule has 0 aliphatic carbocycles. The molecule has 12 heteroatoms. The molecule has 0 bridgehead atoms. The molecule has 12 nitrogen and oxygen atoms in total. The summed E-state index contributed by atoms with van der Waals surface area (Å²) in [5.41, 5.74) is 1.62. The van der Waals surface area contributed by atoms with Crippen molar-refractivity contribution in [3.05, 3.63) is 35.4 Å². The van der Waals surface area contributed by atoms with Crippen LogP contribution >= 0.6 is 0 Å². The van der Waals surface area contributed by atoms with Gasteiger partial charge in [-0.3, -0.25) is 19.2 Å². The Morgan fingerprint density at radius 3 is 1.44 bits per heavy atom. The van der Waals surface area contributed by atoms with Gasteiger partial charge in [-0.05, 0) is 49.7 Å². The molecule has 2 atom stereocenters. The molecule has 0 aliphatic heterocycles. The van der Waals surface area contributed by atoms with E-state index in [2.05, 4.69) is 19.4 Å². The summed E-state index contributed by atoms with van der Waals surface area (Å²) in [6, 6.07) is 7.28. The van der Waals surface area contributed by atoms with E-state index < -0.39 is 35.7 Å². The summed E-state index contributed by atoms with van der Waals surface area (Å²) in [6.07, 6.45) is 2.17. The smallest absolute Gasteiger partial charge is 0.327 e. The first-order valence-corrected chi connectivity index (χ1v) is 10.0. The van der Waals surface area contributed by atoms with Gasteiger partial charge in [0.1, 0.15) is 0 Å². The SMILES string of the molecule is NOC(=O)CCCC(Cc1cccc(CC(CCCC(=O)ON)C(=O)ON)c1)C(=O)ON. The Kier molecular flexibility index (Phi) is 12.5. The van der Waals surface area contributed by atoms with Gasteiger partial charge in [0.2, 0.25) is 0 Å². The van der Waals surface area contributed by atoms with Crippen LogP contribution in [0.25, 0.3) is 0 Å². The highest BCUT2D eigenvalue weighted by atomic mass is 16.7. The number of hydrogen-bond acceptors (Lipinski definition) is 12. The normalized spacial score (nSPS) is 12.4. The second-order valence-corrected chi connectivity index (χ2v) is 7.26. The van der Waals surface area contributed by atoms with Crippen molar-refractivity contribution in [3.8, 4) is 0 Å². The Balaban J connectivity index is 2.82. The van der Waals surface area contributed by atoms with Crippen LogP contribution in [0.4, 0.5) is 0 Å². The van der Waals surface area contributed by atoms with Crippen LogP contribution in [0.5, 0.6) is 0 Å². The first-order valence-electron chi connectivity index (χ1n) is 10.0. The number of rotatable bonds is 14. The molecule has 0 aromatic heterocycles. The van der Waals surface area contributed by atoms with E-state index in [1.165, 1.54) is 0 Å². The highest BCUT2D eigenvalue weighted by Crippen LogP contribution is 2.21. The van der Waals surface area contributed by atoms with E-state index in [-0.39, 0.29) is 12.8 Å². The van der Waals surface area contributed by atoms with E-state index >= 15 is 0 Å². The minimum absolute atomic E-state index is 0.0610. The monoisotopic (exact) mass is 454 g/mol. The van der Waals surface area contributed by atoms with E-state index in [1.807, 2.05) is 18.2 Å². The zero-order valence-electron chi connectivity index (χ0n) is 17.7. The lowest BCUT2D eigenvalue weighted by atomic mass is 9.90. The van der Waals surface area contributed by atoms with Crippen LogP contribution < -0.4 is 23.6 Å². The molecule has 1 aromatic rings. The molecule has 1 rings (SSSR count). The zero-order valence-corrected chi connectivity index (χ0v) is 17.7. The predicted molar refractivity (Wildman–Crippen MR) is 110 cm³/mol. The van der Waals surface area contributed by atoms with Gasteiger partial charge in [0.25, 0.3) is 0 Å². The molecule has 0 aliphatic rings. The van der Waals surface area contributed by atoms with Crippen molar-refractivity contribution in [2.45, 2.75) is 51.4 Å². The van der Waals surface area contributed by atoms with Crippen LogP contribution in [0.15, 0.2) is 24.3 Å². The maximum atomic E-state index is 12.0. The summed E-state index contributed by atoms with van der Waals surface area (Å²) in [7, 11) is 0. The zero-order chi connectivity index (χ0) is 23.9. The quantitative estimate of drug-likeness (QED) is 0.274. The summed E-state index contributed by atoms with van der Waals surface area (Å²) in [5, 5.41) is 0. The van der Waals surface area contributed by atoms with Crippen LogP contribution in [0.1, 0.15) is 49.7 Å². The van der Waals surface area contributed by atoms with Crippen molar-refractivity contribution in [2.24, 2.45) is 35.4 Å². The highest BCUT2D eigenvalue weighted by Gasteiger charge is 2.23. The van der Waals surface area contributed by atoms with Gasteiger partial charge in [0.05, 0.1) is 11.8 Å². The van der Waals surface area contributed by atoms with Crippen molar-refractivity contribution in [1.29, 1.82) is 0 Å². The van der Waals surface area contributed by atoms with E-state index in [9.17, 15) is 19.2 Å². The van der Waals surface area contributed by atoms with E-state index in [0.717, 1.165) is 11.1 Å². The first kappa shape index (κ1) is 27.0. The predicted octanol–water partition coefficient (Wildman–Crippen LogP) is 0.0122. The largest absolute Gasteiger partial charge is 0.373 e. The van der Waals surface area contributed by atoms with E-state index in [1.54, 1.807) is 6.07 Å². The topological polar surface area (TPSA) is 209 Å². The summed E-state index contributed by atoms with van der Waals surface area (Å²) in [6.45, 7) is 0. The Morgan fingerprint density at radius 1 is 0.688 bits per heavy atom. The maximum Gasteiger partial charge on any atom is 0.327 e. The molecule has 8 N–H and O–H groups in total. The summed E-state index contributed by atoms with van der Waals surface area (Å²) >= 11 is 0. The molecule has 178 valence electrons. The Bertz CT molecular complexity index is 714. The Labute approximate surface area is 185 Å². The van der Waals surface area contributed by atoms with Gasteiger partial charge in [0.15, 0.2) is 0 Å².